The first-order valence-corrected chi connectivity index (χ1v) is 5.13. The van der Waals surface area contributed by atoms with Crippen molar-refractivity contribution in [3.63, 3.8) is 0 Å². The minimum absolute atomic E-state index is 0.351. The van der Waals surface area contributed by atoms with Gasteiger partial charge in [-0.1, -0.05) is 12.8 Å². The summed E-state index contributed by atoms with van der Waals surface area (Å²) in [5, 5.41) is 0. The summed E-state index contributed by atoms with van der Waals surface area (Å²) in [7, 11) is 1.62. The van der Waals surface area contributed by atoms with Crippen LogP contribution in [0, 0.1) is 0 Å². The largest absolute Gasteiger partial charge is 0.465 e. The normalized spacial score (nSPS) is 21.9. The van der Waals surface area contributed by atoms with Gasteiger partial charge < -0.3 is 15.2 Å². The minimum Gasteiger partial charge on any atom is -0.465 e. The quantitative estimate of drug-likeness (QED) is 0.684. The van der Waals surface area contributed by atoms with Crippen LogP contribution in [-0.4, -0.2) is 31.3 Å². The molecule has 1 fully saturated rings. The second-order valence-corrected chi connectivity index (χ2v) is 3.71. The molecule has 4 heteroatoms. The highest BCUT2D eigenvalue weighted by molar-refractivity contribution is 5.77. The van der Waals surface area contributed by atoms with Gasteiger partial charge in [0.15, 0.2) is 0 Å². The first-order chi connectivity index (χ1) is 6.66. The van der Waals surface area contributed by atoms with Gasteiger partial charge in [0.2, 0.25) is 0 Å². The number of hydrogen-bond acceptors (Lipinski definition) is 4. The first-order valence-electron chi connectivity index (χ1n) is 5.13. The number of ether oxygens (including phenoxy) is 2. The van der Waals surface area contributed by atoms with E-state index in [0.717, 1.165) is 25.7 Å². The van der Waals surface area contributed by atoms with E-state index in [2.05, 4.69) is 0 Å². The highest BCUT2D eigenvalue weighted by Crippen LogP contribution is 2.35. The van der Waals surface area contributed by atoms with E-state index in [1.165, 1.54) is 0 Å². The van der Waals surface area contributed by atoms with Gasteiger partial charge >= 0.3 is 5.97 Å². The molecule has 1 saturated carbocycles. The summed E-state index contributed by atoms with van der Waals surface area (Å²) in [6, 6.07) is -0.644. The van der Waals surface area contributed by atoms with E-state index < -0.39 is 11.6 Å². The van der Waals surface area contributed by atoms with Gasteiger partial charge in [-0.3, -0.25) is 4.79 Å². The molecule has 2 N–H and O–H groups in total. The topological polar surface area (TPSA) is 61.5 Å². The van der Waals surface area contributed by atoms with Crippen molar-refractivity contribution in [1.82, 2.24) is 0 Å². The fraction of sp³-hybridized carbons (Fsp3) is 0.900. The molecule has 0 radical (unpaired) electrons. The summed E-state index contributed by atoms with van der Waals surface area (Å²) in [5.74, 6) is -0.351. The van der Waals surface area contributed by atoms with Crippen molar-refractivity contribution in [2.75, 3.05) is 13.7 Å². The Balaban J connectivity index is 2.64. The Hall–Kier alpha value is -0.610. The summed E-state index contributed by atoms with van der Waals surface area (Å²) in [4.78, 5) is 11.5. The number of carbonyl (C=O) groups is 1. The van der Waals surface area contributed by atoms with Crippen LogP contribution in [0.25, 0.3) is 0 Å². The summed E-state index contributed by atoms with van der Waals surface area (Å²) < 4.78 is 10.3. The third-order valence-electron chi connectivity index (χ3n) is 2.96. The molecule has 1 atom stereocenters. The molecule has 1 rings (SSSR count). The average molecular weight is 201 g/mol. The van der Waals surface area contributed by atoms with Crippen molar-refractivity contribution >= 4 is 5.97 Å². The molecule has 0 aromatic heterocycles. The summed E-state index contributed by atoms with van der Waals surface area (Å²) >= 11 is 0. The molecule has 1 aliphatic carbocycles. The summed E-state index contributed by atoms with van der Waals surface area (Å²) in [6.07, 6.45) is 3.84. The van der Waals surface area contributed by atoms with Gasteiger partial charge in [0.05, 0.1) is 12.2 Å². The van der Waals surface area contributed by atoms with Crippen LogP contribution >= 0.6 is 0 Å². The predicted octanol–water partition coefficient (Wildman–Crippen LogP) is 0.836. The van der Waals surface area contributed by atoms with Crippen molar-refractivity contribution in [2.24, 2.45) is 5.73 Å². The van der Waals surface area contributed by atoms with Crippen LogP contribution in [0.3, 0.4) is 0 Å². The van der Waals surface area contributed by atoms with Crippen molar-refractivity contribution in [2.45, 2.75) is 44.2 Å². The maximum absolute atomic E-state index is 11.5. The number of esters is 1. The molecular weight excluding hydrogens is 182 g/mol. The van der Waals surface area contributed by atoms with Gasteiger partial charge in [-0.15, -0.1) is 0 Å². The van der Waals surface area contributed by atoms with Crippen LogP contribution in [0.4, 0.5) is 0 Å². The van der Waals surface area contributed by atoms with Crippen LogP contribution in [0.5, 0.6) is 0 Å². The zero-order valence-corrected chi connectivity index (χ0v) is 8.91. The lowest BCUT2D eigenvalue weighted by Crippen LogP contribution is -2.53. The van der Waals surface area contributed by atoms with E-state index in [1.807, 2.05) is 0 Å². The Labute approximate surface area is 84.7 Å². The van der Waals surface area contributed by atoms with Crippen LogP contribution in [-0.2, 0) is 14.3 Å². The Morgan fingerprint density at radius 2 is 2.07 bits per heavy atom. The highest BCUT2D eigenvalue weighted by Gasteiger charge is 2.44. The van der Waals surface area contributed by atoms with E-state index >= 15 is 0 Å². The molecule has 0 bridgehead atoms. The maximum Gasteiger partial charge on any atom is 0.325 e. The van der Waals surface area contributed by atoms with Gasteiger partial charge in [-0.2, -0.15) is 0 Å². The molecule has 0 aromatic carbocycles. The summed E-state index contributed by atoms with van der Waals surface area (Å²) in [5.41, 5.74) is 5.37. The van der Waals surface area contributed by atoms with Crippen molar-refractivity contribution < 1.29 is 14.3 Å². The average Bonchev–Trinajstić information content (AvgIpc) is 2.66. The molecule has 0 heterocycles. The minimum atomic E-state index is -0.644. The molecule has 1 unspecified atom stereocenters. The van der Waals surface area contributed by atoms with Gasteiger partial charge in [-0.05, 0) is 19.8 Å². The van der Waals surface area contributed by atoms with Crippen LogP contribution in [0.1, 0.15) is 32.6 Å². The second-order valence-electron chi connectivity index (χ2n) is 3.71. The van der Waals surface area contributed by atoms with Crippen molar-refractivity contribution in [3.05, 3.63) is 0 Å². The standard InChI is InChI=1S/C10H19NO3/c1-3-14-9(12)8(11)10(13-2)6-4-5-7-10/h8H,3-7,11H2,1-2H3. The number of methoxy groups -OCH3 is 1. The SMILES string of the molecule is CCOC(=O)C(N)C1(OC)CCCC1. The number of carbonyl (C=O) groups excluding carboxylic acids is 1. The monoisotopic (exact) mass is 201 g/mol. The zero-order valence-electron chi connectivity index (χ0n) is 8.91. The van der Waals surface area contributed by atoms with Gasteiger partial charge in [0.25, 0.3) is 0 Å². The van der Waals surface area contributed by atoms with Crippen molar-refractivity contribution in [1.29, 1.82) is 0 Å². The molecular formula is C10H19NO3. The molecule has 0 aromatic rings. The molecule has 82 valence electrons. The highest BCUT2D eigenvalue weighted by atomic mass is 16.5. The Bertz CT molecular complexity index is 200. The lowest BCUT2D eigenvalue weighted by Gasteiger charge is -2.31. The van der Waals surface area contributed by atoms with E-state index in [9.17, 15) is 4.79 Å². The first kappa shape index (κ1) is 11.5. The van der Waals surface area contributed by atoms with Gasteiger partial charge in [0.1, 0.15) is 6.04 Å². The fourth-order valence-corrected chi connectivity index (χ4v) is 2.06. The van der Waals surface area contributed by atoms with Crippen molar-refractivity contribution in [3.8, 4) is 0 Å². The fourth-order valence-electron chi connectivity index (χ4n) is 2.06. The van der Waals surface area contributed by atoms with Crippen LogP contribution in [0.15, 0.2) is 0 Å². The summed E-state index contributed by atoms with van der Waals surface area (Å²) in [6.45, 7) is 2.14. The Morgan fingerprint density at radius 3 is 2.50 bits per heavy atom. The van der Waals surface area contributed by atoms with Crippen LogP contribution < -0.4 is 5.73 Å². The Kier molecular flexibility index (Phi) is 3.89. The molecule has 0 aliphatic heterocycles. The van der Waals surface area contributed by atoms with Crippen LogP contribution in [0.2, 0.25) is 0 Å². The third-order valence-corrected chi connectivity index (χ3v) is 2.96. The third kappa shape index (κ3) is 2.07. The molecule has 14 heavy (non-hydrogen) atoms. The smallest absolute Gasteiger partial charge is 0.325 e. The lowest BCUT2D eigenvalue weighted by molar-refractivity contribution is -0.153. The van der Waals surface area contributed by atoms with E-state index in [0.29, 0.717) is 6.61 Å². The zero-order chi connectivity index (χ0) is 10.6. The predicted molar refractivity (Wildman–Crippen MR) is 52.8 cm³/mol. The maximum atomic E-state index is 11.5. The Morgan fingerprint density at radius 1 is 1.50 bits per heavy atom. The molecule has 0 spiro atoms. The van der Waals surface area contributed by atoms with E-state index in [-0.39, 0.29) is 5.97 Å². The van der Waals surface area contributed by atoms with Gasteiger partial charge in [-0.25, -0.2) is 0 Å². The van der Waals surface area contributed by atoms with Gasteiger partial charge in [0, 0.05) is 7.11 Å². The molecule has 1 aliphatic rings. The number of nitrogens with two attached hydrogens (primary N) is 1. The molecule has 0 amide bonds. The molecule has 0 saturated heterocycles. The number of hydrogen-bond donors (Lipinski definition) is 1. The second kappa shape index (κ2) is 4.75. The van der Waals surface area contributed by atoms with E-state index in [4.69, 9.17) is 15.2 Å². The number of rotatable bonds is 4. The van der Waals surface area contributed by atoms with E-state index in [1.54, 1.807) is 14.0 Å². The lowest BCUT2D eigenvalue weighted by atomic mass is 9.93. The molecule has 4 nitrogen and oxygen atoms in total.